The summed E-state index contributed by atoms with van der Waals surface area (Å²) in [4.78, 5) is 0. The highest BCUT2D eigenvalue weighted by Crippen LogP contribution is 2.22. The summed E-state index contributed by atoms with van der Waals surface area (Å²) in [5, 5.41) is 0. The van der Waals surface area contributed by atoms with Crippen LogP contribution in [0.25, 0.3) is 0 Å². The second kappa shape index (κ2) is 4.61. The van der Waals surface area contributed by atoms with Gasteiger partial charge in [0.2, 0.25) is 0 Å². The van der Waals surface area contributed by atoms with E-state index in [-0.39, 0.29) is 5.54 Å². The van der Waals surface area contributed by atoms with Gasteiger partial charge in [0.1, 0.15) is 0 Å². The maximum absolute atomic E-state index is 5.96. The molecule has 0 radical (unpaired) electrons. The van der Waals surface area contributed by atoms with Gasteiger partial charge in [-0.2, -0.15) is 0 Å². The van der Waals surface area contributed by atoms with Gasteiger partial charge in [-0.1, -0.05) is 37.3 Å². The van der Waals surface area contributed by atoms with Crippen molar-refractivity contribution in [1.82, 2.24) is 0 Å². The van der Waals surface area contributed by atoms with Crippen molar-refractivity contribution in [2.24, 2.45) is 5.73 Å². The Kier molecular flexibility index (Phi) is 3.70. The third-order valence-corrected chi connectivity index (χ3v) is 2.59. The van der Waals surface area contributed by atoms with Gasteiger partial charge in [0.15, 0.2) is 0 Å². The molecule has 0 amide bonds. The Labute approximate surface area is 87.3 Å². The molecule has 0 fully saturated rings. The van der Waals surface area contributed by atoms with Crippen LogP contribution in [0.15, 0.2) is 30.3 Å². The topological polar surface area (TPSA) is 26.0 Å². The van der Waals surface area contributed by atoms with Gasteiger partial charge in [-0.05, 0) is 38.2 Å². The predicted molar refractivity (Wildman–Crippen MR) is 62.4 cm³/mol. The zero-order valence-electron chi connectivity index (χ0n) is 9.46. The molecule has 2 N–H and O–H groups in total. The molecule has 78 valence electrons. The van der Waals surface area contributed by atoms with E-state index in [0.29, 0.717) is 5.92 Å². The molecule has 1 nitrogen and oxygen atoms in total. The van der Waals surface area contributed by atoms with Gasteiger partial charge >= 0.3 is 0 Å². The van der Waals surface area contributed by atoms with Crippen molar-refractivity contribution < 1.29 is 0 Å². The van der Waals surface area contributed by atoms with E-state index in [2.05, 4.69) is 51.1 Å². The van der Waals surface area contributed by atoms with Crippen molar-refractivity contribution in [3.63, 3.8) is 0 Å². The van der Waals surface area contributed by atoms with Crippen LogP contribution in [0, 0.1) is 0 Å². The Bertz CT molecular complexity index is 258. The second-order valence-electron chi connectivity index (χ2n) is 4.84. The molecular weight excluding hydrogens is 170 g/mol. The average molecular weight is 191 g/mol. The fourth-order valence-corrected chi connectivity index (χ4v) is 1.54. The molecule has 1 atom stereocenters. The Morgan fingerprint density at radius 1 is 1.21 bits per heavy atom. The molecule has 0 saturated heterocycles. The van der Waals surface area contributed by atoms with Crippen molar-refractivity contribution in [2.75, 3.05) is 0 Å². The largest absolute Gasteiger partial charge is 0.326 e. The first-order chi connectivity index (χ1) is 6.49. The van der Waals surface area contributed by atoms with Gasteiger partial charge in [0.05, 0.1) is 0 Å². The van der Waals surface area contributed by atoms with Gasteiger partial charge < -0.3 is 5.73 Å². The number of benzene rings is 1. The highest BCUT2D eigenvalue weighted by molar-refractivity contribution is 5.18. The highest BCUT2D eigenvalue weighted by Gasteiger charge is 2.13. The first-order valence-electron chi connectivity index (χ1n) is 5.33. The zero-order chi connectivity index (χ0) is 10.6. The lowest BCUT2D eigenvalue weighted by Gasteiger charge is -2.21. The van der Waals surface area contributed by atoms with E-state index in [1.54, 1.807) is 0 Å². The second-order valence-corrected chi connectivity index (χ2v) is 4.84. The van der Waals surface area contributed by atoms with E-state index in [0.717, 1.165) is 12.8 Å². The van der Waals surface area contributed by atoms with Crippen LogP contribution < -0.4 is 5.73 Å². The maximum Gasteiger partial charge on any atom is 0.00972 e. The number of hydrogen-bond donors (Lipinski definition) is 1. The molecule has 0 spiro atoms. The van der Waals surface area contributed by atoms with Gasteiger partial charge in [-0.3, -0.25) is 0 Å². The summed E-state index contributed by atoms with van der Waals surface area (Å²) in [7, 11) is 0. The standard InChI is InChI=1S/C13H21N/c1-11(9-10-13(2,3)14)12-7-5-4-6-8-12/h4-8,11H,9-10,14H2,1-3H3. The first kappa shape index (κ1) is 11.3. The third kappa shape index (κ3) is 3.93. The maximum atomic E-state index is 5.96. The molecule has 1 heteroatoms. The smallest absolute Gasteiger partial charge is 0.00972 e. The molecule has 0 aromatic heterocycles. The molecule has 1 rings (SSSR count). The Morgan fingerprint density at radius 2 is 1.79 bits per heavy atom. The van der Waals surface area contributed by atoms with E-state index in [1.807, 2.05) is 0 Å². The van der Waals surface area contributed by atoms with Crippen molar-refractivity contribution in [2.45, 2.75) is 45.1 Å². The first-order valence-corrected chi connectivity index (χ1v) is 5.33. The van der Waals surface area contributed by atoms with Gasteiger partial charge in [-0.15, -0.1) is 0 Å². The van der Waals surface area contributed by atoms with Gasteiger partial charge in [-0.25, -0.2) is 0 Å². The zero-order valence-corrected chi connectivity index (χ0v) is 9.46. The lowest BCUT2D eigenvalue weighted by molar-refractivity contribution is 0.438. The van der Waals surface area contributed by atoms with E-state index in [9.17, 15) is 0 Å². The third-order valence-electron chi connectivity index (χ3n) is 2.59. The van der Waals surface area contributed by atoms with Gasteiger partial charge in [0, 0.05) is 5.54 Å². The minimum absolute atomic E-state index is 0.0387. The van der Waals surface area contributed by atoms with E-state index >= 15 is 0 Å². The lowest BCUT2D eigenvalue weighted by Crippen LogP contribution is -2.31. The molecule has 1 aromatic rings. The highest BCUT2D eigenvalue weighted by atomic mass is 14.7. The monoisotopic (exact) mass is 191 g/mol. The Hall–Kier alpha value is -0.820. The molecular formula is C13H21N. The fraction of sp³-hybridized carbons (Fsp3) is 0.538. The summed E-state index contributed by atoms with van der Waals surface area (Å²) in [6, 6.07) is 10.6. The molecule has 1 unspecified atom stereocenters. The summed E-state index contributed by atoms with van der Waals surface area (Å²) >= 11 is 0. The molecule has 0 aliphatic rings. The fourth-order valence-electron chi connectivity index (χ4n) is 1.54. The normalized spacial score (nSPS) is 14.0. The van der Waals surface area contributed by atoms with Crippen LogP contribution in [-0.4, -0.2) is 5.54 Å². The van der Waals surface area contributed by atoms with Crippen LogP contribution in [0.1, 0.15) is 45.1 Å². The molecule has 0 aliphatic heterocycles. The summed E-state index contributed by atoms with van der Waals surface area (Å²) < 4.78 is 0. The van der Waals surface area contributed by atoms with Crippen LogP contribution in [0.3, 0.4) is 0 Å². The summed E-state index contributed by atoms with van der Waals surface area (Å²) in [5.74, 6) is 0.610. The average Bonchev–Trinajstić information content (AvgIpc) is 2.14. The molecule has 0 heterocycles. The van der Waals surface area contributed by atoms with Crippen LogP contribution in [-0.2, 0) is 0 Å². The summed E-state index contributed by atoms with van der Waals surface area (Å²) in [5.41, 5.74) is 7.34. The van der Waals surface area contributed by atoms with Crippen molar-refractivity contribution in [1.29, 1.82) is 0 Å². The Balaban J connectivity index is 2.48. The molecule has 0 saturated carbocycles. The molecule has 1 aromatic carbocycles. The number of rotatable bonds is 4. The van der Waals surface area contributed by atoms with E-state index in [1.165, 1.54) is 5.56 Å². The van der Waals surface area contributed by atoms with E-state index < -0.39 is 0 Å². The van der Waals surface area contributed by atoms with Gasteiger partial charge in [0.25, 0.3) is 0 Å². The van der Waals surface area contributed by atoms with Crippen LogP contribution in [0.4, 0.5) is 0 Å². The Morgan fingerprint density at radius 3 is 2.29 bits per heavy atom. The predicted octanol–water partition coefficient (Wildman–Crippen LogP) is 3.31. The van der Waals surface area contributed by atoms with Crippen molar-refractivity contribution in [3.8, 4) is 0 Å². The number of nitrogens with two attached hydrogens (primary N) is 1. The summed E-state index contributed by atoms with van der Waals surface area (Å²) in [6.07, 6.45) is 2.23. The summed E-state index contributed by atoms with van der Waals surface area (Å²) in [6.45, 7) is 6.44. The van der Waals surface area contributed by atoms with Crippen LogP contribution in [0.5, 0.6) is 0 Å². The minimum Gasteiger partial charge on any atom is -0.326 e. The SMILES string of the molecule is CC(CCC(C)(C)N)c1ccccc1. The van der Waals surface area contributed by atoms with Crippen LogP contribution in [0.2, 0.25) is 0 Å². The van der Waals surface area contributed by atoms with E-state index in [4.69, 9.17) is 5.73 Å². The van der Waals surface area contributed by atoms with Crippen molar-refractivity contribution >= 4 is 0 Å². The lowest BCUT2D eigenvalue weighted by atomic mass is 9.90. The molecule has 0 bridgehead atoms. The molecule has 0 aliphatic carbocycles. The molecule has 14 heavy (non-hydrogen) atoms. The number of hydrogen-bond acceptors (Lipinski definition) is 1. The minimum atomic E-state index is -0.0387. The van der Waals surface area contributed by atoms with Crippen LogP contribution >= 0.6 is 0 Å². The van der Waals surface area contributed by atoms with Crippen molar-refractivity contribution in [3.05, 3.63) is 35.9 Å². The quantitative estimate of drug-likeness (QED) is 0.776.